The van der Waals surface area contributed by atoms with E-state index < -0.39 is 11.0 Å². The van der Waals surface area contributed by atoms with Gasteiger partial charge < -0.3 is 27.3 Å². The number of aliphatic imine (C=N–C) groups is 1. The summed E-state index contributed by atoms with van der Waals surface area (Å²) in [6.07, 6.45) is 3.49. The number of carbonyl (C=O) groups excluding carboxylic acids is 1. The van der Waals surface area contributed by atoms with Crippen LogP contribution in [0.4, 0.5) is 5.69 Å². The Morgan fingerprint density at radius 2 is 1.97 bits per heavy atom. The molecule has 0 unspecified atom stereocenters. The van der Waals surface area contributed by atoms with Crippen molar-refractivity contribution in [2.75, 3.05) is 39.4 Å². The number of rotatable bonds is 8. The fourth-order valence-corrected chi connectivity index (χ4v) is 3.53. The van der Waals surface area contributed by atoms with Crippen LogP contribution in [-0.4, -0.2) is 55.1 Å². The topological polar surface area (TPSA) is 90.1 Å². The van der Waals surface area contributed by atoms with Gasteiger partial charge in [-0.2, -0.15) is 4.57 Å². The third-order valence-corrected chi connectivity index (χ3v) is 5.15. The van der Waals surface area contributed by atoms with Gasteiger partial charge in [0, 0.05) is 29.8 Å². The minimum atomic E-state index is -0.826. The van der Waals surface area contributed by atoms with Crippen molar-refractivity contribution < 1.29 is 23.9 Å². The average Bonchev–Trinajstić information content (AvgIpc) is 2.75. The predicted octanol–water partition coefficient (Wildman–Crippen LogP) is 0.167. The maximum Gasteiger partial charge on any atom is 0.270 e. The molecule has 1 fully saturated rings. The Labute approximate surface area is 174 Å². The number of carbonyl (C=O) groups is 1. The lowest BCUT2D eigenvalue weighted by Gasteiger charge is -2.24. The molecule has 2 aromatic rings. The van der Waals surface area contributed by atoms with E-state index in [0.717, 1.165) is 32.8 Å². The predicted molar refractivity (Wildman–Crippen MR) is 109 cm³/mol. The number of nitro groups is 1. The van der Waals surface area contributed by atoms with Crippen molar-refractivity contribution in [2.45, 2.75) is 6.04 Å². The summed E-state index contributed by atoms with van der Waals surface area (Å²) in [5.41, 5.74) is 0.100. The maximum absolute atomic E-state index is 13.2. The van der Waals surface area contributed by atoms with E-state index in [4.69, 9.17) is 17.4 Å². The Morgan fingerprint density at radius 3 is 2.66 bits per heavy atom. The largest absolute Gasteiger partial charge is 0.758 e. The van der Waals surface area contributed by atoms with Crippen LogP contribution in [0, 0.1) is 10.1 Å². The van der Waals surface area contributed by atoms with Crippen molar-refractivity contribution in [3.63, 3.8) is 0 Å². The molecule has 1 atom stereocenters. The Hall–Kier alpha value is -2.75. The molecule has 1 N–H and O–H groups in total. The zero-order valence-electron chi connectivity index (χ0n) is 15.9. The Kier molecular flexibility index (Phi) is 7.34. The van der Waals surface area contributed by atoms with Gasteiger partial charge >= 0.3 is 0 Å². The van der Waals surface area contributed by atoms with E-state index in [2.05, 4.69) is 4.99 Å². The third kappa shape index (κ3) is 5.63. The zero-order chi connectivity index (χ0) is 20.6. The smallest absolute Gasteiger partial charge is 0.270 e. The lowest BCUT2D eigenvalue weighted by atomic mass is 10.0. The number of Topliss-reactive ketones (excluding diaryl/α,β-unsaturated/α-hetero) is 1. The number of ether oxygens (including phenoxy) is 1. The van der Waals surface area contributed by atoms with Gasteiger partial charge in [-0.15, -0.1) is 0 Å². The number of quaternary nitrogens is 1. The van der Waals surface area contributed by atoms with E-state index in [0.29, 0.717) is 6.54 Å². The quantitative estimate of drug-likeness (QED) is 0.126. The average molecular weight is 415 g/mol. The molecule has 0 spiro atoms. The van der Waals surface area contributed by atoms with E-state index in [1.54, 1.807) is 35.2 Å². The van der Waals surface area contributed by atoms with Crippen molar-refractivity contribution in [3.05, 3.63) is 70.5 Å². The number of nitrogens with one attached hydrogen (secondary N) is 1. The standard InChI is InChI=1S/C20H22N4O4S/c25-19(16-5-4-6-17(15-16)24(26)27)18(23-8-2-1-3-9-23)20(29)21-7-10-22-11-13-28-14-12-22/h1-6,8-9,15,18H,7,10-14H2/p+1/t18-/m0/s1. The molecule has 29 heavy (non-hydrogen) atoms. The number of aromatic nitrogens is 1. The minimum Gasteiger partial charge on any atom is -0.758 e. The van der Waals surface area contributed by atoms with Gasteiger partial charge in [0.25, 0.3) is 5.69 Å². The van der Waals surface area contributed by atoms with E-state index in [1.165, 1.54) is 23.1 Å². The highest BCUT2D eigenvalue weighted by Gasteiger charge is 2.29. The number of hydrogen-bond acceptors (Lipinski definition) is 6. The van der Waals surface area contributed by atoms with Gasteiger partial charge in [0.2, 0.25) is 11.8 Å². The number of nitrogens with zero attached hydrogens (tertiary/aromatic N) is 3. The monoisotopic (exact) mass is 415 g/mol. The van der Waals surface area contributed by atoms with Crippen molar-refractivity contribution in [1.29, 1.82) is 0 Å². The second-order valence-corrected chi connectivity index (χ2v) is 7.15. The van der Waals surface area contributed by atoms with Crippen molar-refractivity contribution in [2.24, 2.45) is 4.99 Å². The van der Waals surface area contributed by atoms with Crippen LogP contribution < -0.4 is 9.47 Å². The van der Waals surface area contributed by atoms with E-state index in [9.17, 15) is 14.9 Å². The Morgan fingerprint density at radius 1 is 1.24 bits per heavy atom. The summed E-state index contributed by atoms with van der Waals surface area (Å²) < 4.78 is 7.05. The molecular formula is C20H23N4O4S+. The van der Waals surface area contributed by atoms with Crippen LogP contribution in [0.15, 0.2) is 59.9 Å². The first-order valence-corrected chi connectivity index (χ1v) is 9.84. The van der Waals surface area contributed by atoms with Gasteiger partial charge in [-0.3, -0.25) is 14.9 Å². The number of nitro benzene ring substituents is 1. The Bertz CT molecular complexity index is 885. The summed E-state index contributed by atoms with van der Waals surface area (Å²) in [6.45, 7) is 4.69. The molecule has 1 aromatic heterocycles. The molecule has 3 rings (SSSR count). The van der Waals surface area contributed by atoms with E-state index in [-0.39, 0.29) is 22.1 Å². The number of hydrogen-bond donors (Lipinski definition) is 1. The van der Waals surface area contributed by atoms with Gasteiger partial charge in [-0.1, -0.05) is 18.2 Å². The van der Waals surface area contributed by atoms with Crippen molar-refractivity contribution in [1.82, 2.24) is 0 Å². The summed E-state index contributed by atoms with van der Waals surface area (Å²) in [6, 6.07) is 10.3. The van der Waals surface area contributed by atoms with E-state index in [1.807, 2.05) is 6.07 Å². The lowest BCUT2D eigenvalue weighted by molar-refractivity contribution is -0.906. The minimum absolute atomic E-state index is 0.133. The van der Waals surface area contributed by atoms with Gasteiger partial charge in [-0.05, 0) is 5.04 Å². The molecule has 0 radical (unpaired) electrons. The first kappa shape index (κ1) is 21.0. The maximum atomic E-state index is 13.2. The van der Waals surface area contributed by atoms with Crippen LogP contribution in [0.3, 0.4) is 0 Å². The highest BCUT2D eigenvalue weighted by atomic mass is 32.1. The van der Waals surface area contributed by atoms with Crippen molar-refractivity contribution in [3.8, 4) is 0 Å². The zero-order valence-corrected chi connectivity index (χ0v) is 16.7. The molecule has 1 aliphatic rings. The van der Waals surface area contributed by atoms with Gasteiger partial charge in [0.1, 0.15) is 13.1 Å². The van der Waals surface area contributed by atoms with Crippen LogP contribution >= 0.6 is 0 Å². The van der Waals surface area contributed by atoms with Crippen LogP contribution in [0.5, 0.6) is 0 Å². The fourth-order valence-electron chi connectivity index (χ4n) is 3.21. The summed E-state index contributed by atoms with van der Waals surface area (Å²) in [4.78, 5) is 29.7. The summed E-state index contributed by atoms with van der Waals surface area (Å²) in [5.74, 6) is -0.322. The number of benzene rings is 1. The molecule has 152 valence electrons. The molecule has 2 heterocycles. The second-order valence-electron chi connectivity index (χ2n) is 6.73. The van der Waals surface area contributed by atoms with Gasteiger partial charge in [0.15, 0.2) is 12.4 Å². The van der Waals surface area contributed by atoms with Crippen LogP contribution in [0.2, 0.25) is 0 Å². The molecule has 0 amide bonds. The molecule has 1 saturated heterocycles. The molecule has 1 aromatic carbocycles. The number of morpholine rings is 1. The summed E-state index contributed by atoms with van der Waals surface area (Å²) in [5, 5.41) is 11.3. The van der Waals surface area contributed by atoms with E-state index >= 15 is 0 Å². The van der Waals surface area contributed by atoms with Crippen LogP contribution in [0.25, 0.3) is 0 Å². The molecule has 0 aliphatic carbocycles. The second kappa shape index (κ2) is 10.1. The fraction of sp³-hybridized carbons (Fsp3) is 0.350. The molecule has 1 aliphatic heterocycles. The van der Waals surface area contributed by atoms with Gasteiger partial charge in [-0.25, -0.2) is 0 Å². The molecule has 8 nitrogen and oxygen atoms in total. The highest BCUT2D eigenvalue weighted by Crippen LogP contribution is 2.17. The summed E-state index contributed by atoms with van der Waals surface area (Å²) in [7, 11) is 0. The van der Waals surface area contributed by atoms with Gasteiger partial charge in [0.05, 0.1) is 31.2 Å². The number of pyridine rings is 1. The third-order valence-electron chi connectivity index (χ3n) is 4.79. The lowest BCUT2D eigenvalue weighted by Crippen LogP contribution is -3.14. The van der Waals surface area contributed by atoms with Crippen molar-refractivity contribution >= 4 is 29.1 Å². The van der Waals surface area contributed by atoms with Crippen LogP contribution in [0.1, 0.15) is 16.4 Å². The highest BCUT2D eigenvalue weighted by molar-refractivity contribution is 7.77. The first-order valence-electron chi connectivity index (χ1n) is 9.43. The Balaban J connectivity index is 1.82. The number of non-ortho nitro benzene ring substituents is 1. The summed E-state index contributed by atoms with van der Waals surface area (Å²) >= 11 is 5.51. The SMILES string of the molecule is O=C(c1cccc([N+](=O)[O-])c1)[C@@H](C([S-])=NCC[NH+]1CCOCC1)[n+]1ccccc1. The molecule has 0 bridgehead atoms. The molecular weight excluding hydrogens is 392 g/mol. The molecule has 0 saturated carbocycles. The normalized spacial score (nSPS) is 16.3. The number of ketones is 1. The first-order chi connectivity index (χ1) is 14.1. The van der Waals surface area contributed by atoms with Crippen LogP contribution in [-0.2, 0) is 17.4 Å². The molecule has 9 heteroatoms.